The van der Waals surface area contributed by atoms with Crippen LogP contribution in [-0.2, 0) is 6.54 Å². The molecule has 25 heavy (non-hydrogen) atoms. The van der Waals surface area contributed by atoms with Crippen molar-refractivity contribution >= 4 is 28.5 Å². The molecule has 2 aromatic carbocycles. The molecule has 1 amide bonds. The molecule has 0 spiro atoms. The number of para-hydroxylation sites is 1. The van der Waals surface area contributed by atoms with Crippen molar-refractivity contribution in [2.75, 3.05) is 0 Å². The highest BCUT2D eigenvalue weighted by Gasteiger charge is 2.15. The first-order valence-corrected chi connectivity index (χ1v) is 7.93. The first-order chi connectivity index (χ1) is 12.2. The maximum Gasteiger partial charge on any atom is 0.287 e. The lowest BCUT2D eigenvalue weighted by atomic mass is 10.2. The molecule has 0 atom stereocenters. The summed E-state index contributed by atoms with van der Waals surface area (Å²) in [5.41, 5.74) is 1.33. The van der Waals surface area contributed by atoms with Crippen LogP contribution in [0, 0.1) is 0 Å². The van der Waals surface area contributed by atoms with Crippen LogP contribution in [0.1, 0.15) is 16.4 Å². The molecule has 4 aromatic rings. The number of benzene rings is 2. The van der Waals surface area contributed by atoms with Gasteiger partial charge in [-0.3, -0.25) is 4.79 Å². The van der Waals surface area contributed by atoms with E-state index in [1.165, 1.54) is 0 Å². The Hall–Kier alpha value is -3.12. The number of amides is 1. The van der Waals surface area contributed by atoms with Gasteiger partial charge in [-0.25, -0.2) is 0 Å². The Morgan fingerprint density at radius 2 is 1.92 bits per heavy atom. The first kappa shape index (κ1) is 15.4. The van der Waals surface area contributed by atoms with Gasteiger partial charge in [-0.15, -0.1) is 0 Å². The van der Waals surface area contributed by atoms with Gasteiger partial charge < -0.3 is 14.3 Å². The lowest BCUT2D eigenvalue weighted by Gasteiger charge is -1.98. The van der Waals surface area contributed by atoms with E-state index in [1.807, 2.05) is 30.3 Å². The predicted molar refractivity (Wildman–Crippen MR) is 92.1 cm³/mol. The van der Waals surface area contributed by atoms with Crippen LogP contribution in [0.15, 0.2) is 63.5 Å². The van der Waals surface area contributed by atoms with Gasteiger partial charge >= 0.3 is 0 Å². The van der Waals surface area contributed by atoms with Crippen molar-refractivity contribution in [2.45, 2.75) is 6.54 Å². The quantitative estimate of drug-likeness (QED) is 0.598. The van der Waals surface area contributed by atoms with Crippen molar-refractivity contribution in [2.24, 2.45) is 0 Å². The molecule has 0 unspecified atom stereocenters. The van der Waals surface area contributed by atoms with Crippen molar-refractivity contribution in [3.8, 4) is 11.4 Å². The molecule has 0 aliphatic carbocycles. The first-order valence-electron chi connectivity index (χ1n) is 7.55. The molecular formula is C18H12ClN3O3. The summed E-state index contributed by atoms with van der Waals surface area (Å²) in [6.07, 6.45) is 0. The average molecular weight is 354 g/mol. The summed E-state index contributed by atoms with van der Waals surface area (Å²) in [5, 5.41) is 7.98. The number of furan rings is 1. The molecule has 0 fully saturated rings. The molecule has 0 aliphatic rings. The number of carbonyl (C=O) groups excluding carboxylic acids is 1. The molecule has 6 nitrogen and oxygen atoms in total. The zero-order valence-electron chi connectivity index (χ0n) is 12.9. The molecule has 0 saturated carbocycles. The van der Waals surface area contributed by atoms with Gasteiger partial charge in [0, 0.05) is 10.9 Å². The smallest absolute Gasteiger partial charge is 0.287 e. The minimum absolute atomic E-state index is 0.0906. The Bertz CT molecular complexity index is 1020. The van der Waals surface area contributed by atoms with E-state index in [1.54, 1.807) is 24.3 Å². The Balaban J connectivity index is 1.46. The molecule has 0 radical (unpaired) electrons. The molecule has 0 bridgehead atoms. The van der Waals surface area contributed by atoms with Gasteiger partial charge in [-0.05, 0) is 24.3 Å². The van der Waals surface area contributed by atoms with Crippen LogP contribution in [0.3, 0.4) is 0 Å². The maximum absolute atomic E-state index is 12.2. The normalized spacial score (nSPS) is 10.9. The summed E-state index contributed by atoms with van der Waals surface area (Å²) in [6.45, 7) is 0.0906. The fourth-order valence-corrected chi connectivity index (χ4v) is 2.64. The number of nitrogens with one attached hydrogen (secondary N) is 1. The number of halogens is 1. The fourth-order valence-electron chi connectivity index (χ4n) is 2.42. The summed E-state index contributed by atoms with van der Waals surface area (Å²) >= 11 is 6.11. The number of fused-ring (bicyclic) bond motifs is 1. The topological polar surface area (TPSA) is 81.2 Å². The number of rotatable bonds is 4. The standard InChI is InChI=1S/C18H12ClN3O3/c19-13-7-3-2-6-12(13)17-21-16(25-22-17)10-20-18(23)15-9-11-5-1-4-8-14(11)24-15/h1-9H,10H2,(H,20,23). The molecule has 4 rings (SSSR count). The Kier molecular flexibility index (Phi) is 3.95. The van der Waals surface area contributed by atoms with Crippen LogP contribution < -0.4 is 5.32 Å². The Morgan fingerprint density at radius 3 is 2.76 bits per heavy atom. The number of aromatic nitrogens is 2. The number of hydrogen-bond donors (Lipinski definition) is 1. The van der Waals surface area contributed by atoms with Gasteiger partial charge in [-0.2, -0.15) is 4.98 Å². The van der Waals surface area contributed by atoms with E-state index in [-0.39, 0.29) is 24.1 Å². The van der Waals surface area contributed by atoms with E-state index in [4.69, 9.17) is 20.5 Å². The van der Waals surface area contributed by atoms with Gasteiger partial charge in [0.05, 0.1) is 11.6 Å². The summed E-state index contributed by atoms with van der Waals surface area (Å²) in [6, 6.07) is 16.3. The zero-order valence-corrected chi connectivity index (χ0v) is 13.7. The summed E-state index contributed by atoms with van der Waals surface area (Å²) < 4.78 is 10.7. The molecule has 2 aromatic heterocycles. The third-order valence-corrected chi connectivity index (χ3v) is 3.96. The van der Waals surface area contributed by atoms with Crippen LogP contribution >= 0.6 is 11.6 Å². The third kappa shape index (κ3) is 3.12. The minimum Gasteiger partial charge on any atom is -0.451 e. The lowest BCUT2D eigenvalue weighted by molar-refractivity contribution is 0.0920. The van der Waals surface area contributed by atoms with Crippen molar-refractivity contribution in [3.05, 3.63) is 71.3 Å². The van der Waals surface area contributed by atoms with Crippen molar-refractivity contribution in [1.82, 2.24) is 15.5 Å². The lowest BCUT2D eigenvalue weighted by Crippen LogP contribution is -2.22. The SMILES string of the molecule is O=C(NCc1nc(-c2ccccc2Cl)no1)c1cc2ccccc2o1. The van der Waals surface area contributed by atoms with Gasteiger partial charge in [-0.1, -0.05) is 47.1 Å². The summed E-state index contributed by atoms with van der Waals surface area (Å²) in [4.78, 5) is 16.4. The molecule has 0 saturated heterocycles. The predicted octanol–water partition coefficient (Wildman–Crippen LogP) is 4.07. The van der Waals surface area contributed by atoms with E-state index in [0.29, 0.717) is 22.0 Å². The highest BCUT2D eigenvalue weighted by atomic mass is 35.5. The Morgan fingerprint density at radius 1 is 1.12 bits per heavy atom. The zero-order chi connectivity index (χ0) is 17.2. The van der Waals surface area contributed by atoms with E-state index in [9.17, 15) is 4.79 Å². The second-order valence-corrected chi connectivity index (χ2v) is 5.73. The van der Waals surface area contributed by atoms with E-state index in [0.717, 1.165) is 5.39 Å². The molecule has 124 valence electrons. The van der Waals surface area contributed by atoms with Gasteiger partial charge in [0.15, 0.2) is 5.76 Å². The minimum atomic E-state index is -0.353. The maximum atomic E-state index is 12.2. The monoisotopic (exact) mass is 353 g/mol. The molecule has 1 N–H and O–H groups in total. The van der Waals surface area contributed by atoms with Crippen molar-refractivity contribution in [1.29, 1.82) is 0 Å². The molecule has 7 heteroatoms. The largest absolute Gasteiger partial charge is 0.451 e. The highest BCUT2D eigenvalue weighted by Crippen LogP contribution is 2.25. The van der Waals surface area contributed by atoms with Crippen LogP contribution in [-0.4, -0.2) is 16.0 Å². The van der Waals surface area contributed by atoms with E-state index < -0.39 is 0 Å². The van der Waals surface area contributed by atoms with E-state index >= 15 is 0 Å². The van der Waals surface area contributed by atoms with Crippen LogP contribution in [0.25, 0.3) is 22.4 Å². The Labute approximate surface area is 147 Å². The van der Waals surface area contributed by atoms with Gasteiger partial charge in [0.1, 0.15) is 5.58 Å². The van der Waals surface area contributed by atoms with Crippen LogP contribution in [0.4, 0.5) is 0 Å². The second kappa shape index (κ2) is 6.41. The number of hydrogen-bond acceptors (Lipinski definition) is 5. The van der Waals surface area contributed by atoms with Crippen LogP contribution in [0.5, 0.6) is 0 Å². The fraction of sp³-hybridized carbons (Fsp3) is 0.0556. The molecule has 0 aliphatic heterocycles. The third-order valence-electron chi connectivity index (χ3n) is 3.63. The van der Waals surface area contributed by atoms with Gasteiger partial charge in [0.2, 0.25) is 11.7 Å². The highest BCUT2D eigenvalue weighted by molar-refractivity contribution is 6.33. The summed E-state index contributed by atoms with van der Waals surface area (Å²) in [7, 11) is 0. The second-order valence-electron chi connectivity index (χ2n) is 5.32. The van der Waals surface area contributed by atoms with Crippen molar-refractivity contribution < 1.29 is 13.7 Å². The molecular weight excluding hydrogens is 342 g/mol. The number of nitrogens with zero attached hydrogens (tertiary/aromatic N) is 2. The van der Waals surface area contributed by atoms with Gasteiger partial charge in [0.25, 0.3) is 5.91 Å². The van der Waals surface area contributed by atoms with E-state index in [2.05, 4.69) is 15.5 Å². The summed E-state index contributed by atoms with van der Waals surface area (Å²) in [5.74, 6) is 0.527. The van der Waals surface area contributed by atoms with Crippen molar-refractivity contribution in [3.63, 3.8) is 0 Å². The number of carbonyl (C=O) groups is 1. The average Bonchev–Trinajstić information content (AvgIpc) is 3.27. The van der Waals surface area contributed by atoms with Crippen LogP contribution in [0.2, 0.25) is 5.02 Å². The molecule has 2 heterocycles.